The Labute approximate surface area is 135 Å². The Morgan fingerprint density at radius 2 is 1.70 bits per heavy atom. The molecule has 0 aliphatic heterocycles. The van der Waals surface area contributed by atoms with Crippen LogP contribution in [0.4, 0.5) is 4.39 Å². The van der Waals surface area contributed by atoms with Gasteiger partial charge in [-0.3, -0.25) is 4.79 Å². The van der Waals surface area contributed by atoms with E-state index < -0.39 is 6.10 Å². The molecule has 0 spiro atoms. The number of nitrogens with one attached hydrogen (secondary N) is 1. The van der Waals surface area contributed by atoms with Gasteiger partial charge in [0.1, 0.15) is 17.3 Å². The lowest BCUT2D eigenvalue weighted by Gasteiger charge is -2.15. The molecule has 0 fully saturated rings. The molecular formula is C18H20FNO3. The fraction of sp³-hybridized carbons (Fsp3) is 0.278. The summed E-state index contributed by atoms with van der Waals surface area (Å²) in [6.07, 6.45) is 0.0398. The highest BCUT2D eigenvalue weighted by Gasteiger charge is 2.14. The van der Waals surface area contributed by atoms with Crippen molar-refractivity contribution in [3.05, 3.63) is 59.9 Å². The van der Waals surface area contributed by atoms with E-state index in [1.807, 2.05) is 0 Å². The van der Waals surface area contributed by atoms with E-state index in [9.17, 15) is 9.18 Å². The van der Waals surface area contributed by atoms with Crippen molar-refractivity contribution in [3.63, 3.8) is 0 Å². The number of ether oxygens (including phenoxy) is 2. The van der Waals surface area contributed by atoms with Crippen LogP contribution in [0.5, 0.6) is 11.5 Å². The minimum Gasteiger partial charge on any atom is -0.497 e. The monoisotopic (exact) mass is 317 g/mol. The minimum atomic E-state index is -0.600. The molecule has 0 saturated heterocycles. The Morgan fingerprint density at radius 3 is 2.30 bits per heavy atom. The Morgan fingerprint density at radius 1 is 1.09 bits per heavy atom. The van der Waals surface area contributed by atoms with Crippen molar-refractivity contribution >= 4 is 5.91 Å². The van der Waals surface area contributed by atoms with Gasteiger partial charge in [-0.05, 0) is 55.3 Å². The molecule has 1 amide bonds. The van der Waals surface area contributed by atoms with Crippen LogP contribution in [0.1, 0.15) is 12.5 Å². The number of carbonyl (C=O) groups excluding carboxylic acids is 1. The molecule has 5 heteroatoms. The lowest BCUT2D eigenvalue weighted by atomic mass is 10.1. The van der Waals surface area contributed by atoms with Crippen molar-refractivity contribution in [3.8, 4) is 11.5 Å². The first-order valence-corrected chi connectivity index (χ1v) is 7.41. The van der Waals surface area contributed by atoms with Crippen LogP contribution < -0.4 is 14.8 Å². The zero-order valence-electron chi connectivity index (χ0n) is 13.2. The van der Waals surface area contributed by atoms with Gasteiger partial charge in [-0.15, -0.1) is 0 Å². The maximum absolute atomic E-state index is 12.8. The number of hydrogen-bond acceptors (Lipinski definition) is 3. The molecule has 0 aliphatic carbocycles. The van der Waals surface area contributed by atoms with Crippen LogP contribution in [0, 0.1) is 5.82 Å². The number of methoxy groups -OCH3 is 1. The van der Waals surface area contributed by atoms with Crippen LogP contribution in [-0.2, 0) is 11.2 Å². The third-order valence-corrected chi connectivity index (χ3v) is 3.37. The fourth-order valence-corrected chi connectivity index (χ4v) is 2.04. The molecule has 1 N–H and O–H groups in total. The maximum Gasteiger partial charge on any atom is 0.260 e. The predicted molar refractivity (Wildman–Crippen MR) is 86.2 cm³/mol. The van der Waals surface area contributed by atoms with Gasteiger partial charge in [-0.1, -0.05) is 12.1 Å². The highest BCUT2D eigenvalue weighted by atomic mass is 19.1. The van der Waals surface area contributed by atoms with Crippen molar-refractivity contribution in [1.82, 2.24) is 5.32 Å². The molecule has 0 saturated carbocycles. The zero-order chi connectivity index (χ0) is 16.7. The molecule has 2 aromatic carbocycles. The normalized spacial score (nSPS) is 11.6. The Balaban J connectivity index is 1.76. The molecule has 0 aromatic heterocycles. The number of benzene rings is 2. The summed E-state index contributed by atoms with van der Waals surface area (Å²) in [6.45, 7) is 2.16. The number of carbonyl (C=O) groups is 1. The first-order valence-electron chi connectivity index (χ1n) is 7.41. The Kier molecular flexibility index (Phi) is 5.97. The molecule has 0 heterocycles. The van der Waals surface area contributed by atoms with Gasteiger partial charge in [-0.2, -0.15) is 0 Å². The molecule has 4 nitrogen and oxygen atoms in total. The number of rotatable bonds is 7. The third-order valence-electron chi connectivity index (χ3n) is 3.37. The molecule has 23 heavy (non-hydrogen) atoms. The second kappa shape index (κ2) is 8.17. The number of amides is 1. The second-order valence-corrected chi connectivity index (χ2v) is 5.10. The smallest absolute Gasteiger partial charge is 0.260 e. The molecule has 122 valence electrons. The lowest BCUT2D eigenvalue weighted by Crippen LogP contribution is -2.37. The summed E-state index contributed by atoms with van der Waals surface area (Å²) in [5.41, 5.74) is 0.968. The average Bonchev–Trinajstić information content (AvgIpc) is 2.57. The standard InChI is InChI=1S/C18H20FNO3/c1-13(23-17-9-7-16(22-2)8-10-17)18(21)20-12-11-14-3-5-15(19)6-4-14/h3-10,13H,11-12H2,1-2H3,(H,20,21). The van der Waals surface area contributed by atoms with Gasteiger partial charge in [0.2, 0.25) is 0 Å². The van der Waals surface area contributed by atoms with Crippen molar-refractivity contribution < 1.29 is 18.7 Å². The number of halogens is 1. The van der Waals surface area contributed by atoms with Crippen molar-refractivity contribution in [1.29, 1.82) is 0 Å². The first kappa shape index (κ1) is 16.8. The summed E-state index contributed by atoms with van der Waals surface area (Å²) >= 11 is 0. The second-order valence-electron chi connectivity index (χ2n) is 5.10. The van der Waals surface area contributed by atoms with Crippen LogP contribution in [-0.4, -0.2) is 25.7 Å². The van der Waals surface area contributed by atoms with Gasteiger partial charge in [-0.25, -0.2) is 4.39 Å². The summed E-state index contributed by atoms with van der Waals surface area (Å²) in [6, 6.07) is 13.3. The molecule has 0 bridgehead atoms. The molecule has 0 radical (unpaired) electrons. The predicted octanol–water partition coefficient (Wildman–Crippen LogP) is 2.96. The van der Waals surface area contributed by atoms with E-state index in [1.54, 1.807) is 50.4 Å². The number of hydrogen-bond donors (Lipinski definition) is 1. The highest BCUT2D eigenvalue weighted by molar-refractivity contribution is 5.80. The topological polar surface area (TPSA) is 47.6 Å². The van der Waals surface area contributed by atoms with Crippen molar-refractivity contribution in [2.45, 2.75) is 19.4 Å². The van der Waals surface area contributed by atoms with Crippen LogP contribution in [0.2, 0.25) is 0 Å². The summed E-state index contributed by atoms with van der Waals surface area (Å²) in [5.74, 6) is 0.878. The molecule has 2 aromatic rings. The SMILES string of the molecule is COc1ccc(OC(C)C(=O)NCCc2ccc(F)cc2)cc1. The van der Waals surface area contributed by atoms with E-state index in [2.05, 4.69) is 5.32 Å². The van der Waals surface area contributed by atoms with Gasteiger partial charge in [0.25, 0.3) is 5.91 Å². The average molecular weight is 317 g/mol. The van der Waals surface area contributed by atoms with E-state index in [0.717, 1.165) is 11.3 Å². The van der Waals surface area contributed by atoms with Gasteiger partial charge >= 0.3 is 0 Å². The van der Waals surface area contributed by atoms with Crippen LogP contribution in [0.25, 0.3) is 0 Å². The van der Waals surface area contributed by atoms with Crippen LogP contribution in [0.3, 0.4) is 0 Å². The summed E-state index contributed by atoms with van der Waals surface area (Å²) < 4.78 is 23.4. The fourth-order valence-electron chi connectivity index (χ4n) is 2.04. The summed E-state index contributed by atoms with van der Waals surface area (Å²) in [5, 5.41) is 2.81. The highest BCUT2D eigenvalue weighted by Crippen LogP contribution is 2.18. The van der Waals surface area contributed by atoms with Gasteiger partial charge in [0.15, 0.2) is 6.10 Å². The van der Waals surface area contributed by atoms with Gasteiger partial charge in [0, 0.05) is 6.54 Å². The third kappa shape index (κ3) is 5.29. The molecule has 1 unspecified atom stereocenters. The zero-order valence-corrected chi connectivity index (χ0v) is 13.2. The van der Waals surface area contributed by atoms with Crippen LogP contribution >= 0.6 is 0 Å². The minimum absolute atomic E-state index is 0.192. The van der Waals surface area contributed by atoms with E-state index in [4.69, 9.17) is 9.47 Å². The quantitative estimate of drug-likeness (QED) is 0.854. The van der Waals surface area contributed by atoms with Gasteiger partial charge in [0.05, 0.1) is 7.11 Å². The summed E-state index contributed by atoms with van der Waals surface area (Å²) in [7, 11) is 1.59. The van der Waals surface area contributed by atoms with E-state index >= 15 is 0 Å². The molecule has 1 atom stereocenters. The van der Waals surface area contributed by atoms with Crippen LogP contribution in [0.15, 0.2) is 48.5 Å². The van der Waals surface area contributed by atoms with Gasteiger partial charge < -0.3 is 14.8 Å². The molecular weight excluding hydrogens is 297 g/mol. The Bertz CT molecular complexity index is 626. The van der Waals surface area contributed by atoms with Crippen molar-refractivity contribution in [2.24, 2.45) is 0 Å². The lowest BCUT2D eigenvalue weighted by molar-refractivity contribution is -0.127. The molecule has 0 aliphatic rings. The first-order chi connectivity index (χ1) is 11.1. The largest absolute Gasteiger partial charge is 0.497 e. The van der Waals surface area contributed by atoms with Crippen molar-refractivity contribution in [2.75, 3.05) is 13.7 Å². The molecule has 2 rings (SSSR count). The van der Waals surface area contributed by atoms with E-state index in [-0.39, 0.29) is 11.7 Å². The Hall–Kier alpha value is -2.56. The van der Waals surface area contributed by atoms with E-state index in [0.29, 0.717) is 18.7 Å². The maximum atomic E-state index is 12.8. The van der Waals surface area contributed by atoms with E-state index in [1.165, 1.54) is 12.1 Å². The summed E-state index contributed by atoms with van der Waals surface area (Å²) in [4.78, 5) is 12.0.